The van der Waals surface area contributed by atoms with E-state index in [1.165, 1.54) is 0 Å². The largest absolute Gasteiger partial charge is 0.399 e. The summed E-state index contributed by atoms with van der Waals surface area (Å²) in [6.07, 6.45) is 1.59. The fraction of sp³-hybridized carbons (Fsp3) is 0.300. The van der Waals surface area contributed by atoms with Crippen LogP contribution in [0.4, 0.5) is 5.69 Å². The molecule has 0 fully saturated rings. The maximum atomic E-state index is 8.18. The Balaban J connectivity index is 0.000000671. The molecule has 0 bridgehead atoms. The Labute approximate surface area is 78.7 Å². The molecule has 1 aromatic rings. The van der Waals surface area contributed by atoms with Crippen molar-refractivity contribution in [3.8, 4) is 12.0 Å². The van der Waals surface area contributed by atoms with Gasteiger partial charge in [0.05, 0.1) is 0 Å². The highest BCUT2D eigenvalue weighted by Crippen LogP contribution is 2.17. The average molecular weight is 178 g/mol. The molecule has 0 amide bonds. The molecule has 0 aliphatic carbocycles. The lowest BCUT2D eigenvalue weighted by molar-refractivity contribution is 0.507. The van der Waals surface area contributed by atoms with Gasteiger partial charge in [-0.25, -0.2) is 0 Å². The van der Waals surface area contributed by atoms with E-state index in [9.17, 15) is 0 Å². The number of nitrogens with two attached hydrogens (primary N) is 1. The zero-order valence-electron chi connectivity index (χ0n) is 8.16. The second-order valence-electron chi connectivity index (χ2n) is 2.21. The third-order valence-electron chi connectivity index (χ3n) is 1.40. The molecule has 3 nitrogen and oxygen atoms in total. The molecular formula is C10H14N2O. The molecule has 0 heterocycles. The van der Waals surface area contributed by atoms with Crippen LogP contribution in [-0.2, 0) is 0 Å². The summed E-state index contributed by atoms with van der Waals surface area (Å²) >= 11 is 0. The number of aryl methyl sites for hydroxylation is 1. The van der Waals surface area contributed by atoms with Crippen LogP contribution in [-0.4, -0.2) is 0 Å². The molecular weight excluding hydrogens is 164 g/mol. The van der Waals surface area contributed by atoms with E-state index in [-0.39, 0.29) is 0 Å². The molecule has 0 spiro atoms. The van der Waals surface area contributed by atoms with Gasteiger partial charge in [-0.2, -0.15) is 0 Å². The standard InChI is InChI=1S/C8H8N2O.C2H6/c1-6-4-7(11-5-9)2-3-8(6)10;1-2/h2-4H,10H2,1H3;1-2H3. The van der Waals surface area contributed by atoms with Crippen molar-refractivity contribution >= 4 is 5.69 Å². The first-order valence-corrected chi connectivity index (χ1v) is 4.16. The molecule has 0 unspecified atom stereocenters. The Morgan fingerprint density at radius 1 is 1.38 bits per heavy atom. The Morgan fingerprint density at radius 3 is 2.46 bits per heavy atom. The molecule has 70 valence electrons. The van der Waals surface area contributed by atoms with E-state index in [1.54, 1.807) is 24.5 Å². The zero-order valence-corrected chi connectivity index (χ0v) is 8.16. The predicted octanol–water partition coefficient (Wildman–Crippen LogP) is 2.46. The molecule has 3 heteroatoms. The smallest absolute Gasteiger partial charge is 0.292 e. The van der Waals surface area contributed by atoms with E-state index in [4.69, 9.17) is 11.0 Å². The van der Waals surface area contributed by atoms with Gasteiger partial charge in [0.15, 0.2) is 0 Å². The molecule has 0 aliphatic rings. The lowest BCUT2D eigenvalue weighted by Crippen LogP contribution is -1.89. The number of benzene rings is 1. The highest BCUT2D eigenvalue weighted by atomic mass is 16.5. The fourth-order valence-corrected chi connectivity index (χ4v) is 0.764. The number of hydrogen-bond donors (Lipinski definition) is 1. The minimum atomic E-state index is 0.527. The maximum Gasteiger partial charge on any atom is 0.292 e. The van der Waals surface area contributed by atoms with Crippen molar-refractivity contribution < 1.29 is 4.74 Å². The normalized spacial score (nSPS) is 7.85. The lowest BCUT2D eigenvalue weighted by atomic mass is 10.2. The van der Waals surface area contributed by atoms with Gasteiger partial charge in [-0.3, -0.25) is 0 Å². The van der Waals surface area contributed by atoms with Crippen LogP contribution in [0.1, 0.15) is 19.4 Å². The molecule has 0 radical (unpaired) electrons. The van der Waals surface area contributed by atoms with E-state index >= 15 is 0 Å². The SMILES string of the molecule is CC.Cc1cc(OC#N)ccc1N. The number of anilines is 1. The van der Waals surface area contributed by atoms with Crippen LogP contribution >= 0.6 is 0 Å². The summed E-state index contributed by atoms with van der Waals surface area (Å²) in [6.45, 7) is 5.86. The number of ether oxygens (including phenoxy) is 1. The Bertz CT molecular complexity index is 302. The van der Waals surface area contributed by atoms with Crippen LogP contribution in [0.15, 0.2) is 18.2 Å². The third kappa shape index (κ3) is 3.48. The van der Waals surface area contributed by atoms with Crippen molar-refractivity contribution in [3.05, 3.63) is 23.8 Å². The van der Waals surface area contributed by atoms with Crippen molar-refractivity contribution in [1.29, 1.82) is 5.26 Å². The number of nitrogens with zero attached hydrogens (tertiary/aromatic N) is 1. The summed E-state index contributed by atoms with van der Waals surface area (Å²) < 4.78 is 4.59. The Hall–Kier alpha value is -1.69. The van der Waals surface area contributed by atoms with Crippen LogP contribution in [0.2, 0.25) is 0 Å². The molecule has 0 aliphatic heterocycles. The number of rotatable bonds is 1. The van der Waals surface area contributed by atoms with Crippen LogP contribution < -0.4 is 10.5 Å². The van der Waals surface area contributed by atoms with Crippen LogP contribution in [0.3, 0.4) is 0 Å². The summed E-state index contributed by atoms with van der Waals surface area (Å²) in [6, 6.07) is 5.09. The molecule has 1 rings (SSSR count). The van der Waals surface area contributed by atoms with E-state index in [2.05, 4.69) is 4.74 Å². The molecule has 0 saturated heterocycles. The molecule has 0 atom stereocenters. The van der Waals surface area contributed by atoms with Crippen LogP contribution in [0.25, 0.3) is 0 Å². The van der Waals surface area contributed by atoms with Gasteiger partial charge in [-0.15, -0.1) is 5.26 Å². The van der Waals surface area contributed by atoms with Crippen molar-refractivity contribution in [1.82, 2.24) is 0 Å². The predicted molar refractivity (Wildman–Crippen MR) is 53.2 cm³/mol. The summed E-state index contributed by atoms with van der Waals surface area (Å²) in [5, 5.41) is 8.18. The first kappa shape index (κ1) is 11.3. The summed E-state index contributed by atoms with van der Waals surface area (Å²) in [5.74, 6) is 0.527. The van der Waals surface area contributed by atoms with Crippen LogP contribution in [0.5, 0.6) is 5.75 Å². The number of hydrogen-bond acceptors (Lipinski definition) is 3. The van der Waals surface area contributed by atoms with E-state index in [0.717, 1.165) is 5.56 Å². The van der Waals surface area contributed by atoms with Crippen LogP contribution in [0, 0.1) is 18.4 Å². The first-order chi connectivity index (χ1) is 6.24. The second kappa shape index (κ2) is 5.90. The van der Waals surface area contributed by atoms with Gasteiger partial charge >= 0.3 is 0 Å². The minimum Gasteiger partial charge on any atom is -0.399 e. The number of nitriles is 1. The molecule has 2 N–H and O–H groups in total. The van der Waals surface area contributed by atoms with E-state index in [1.807, 2.05) is 20.8 Å². The van der Waals surface area contributed by atoms with Crippen molar-refractivity contribution in [2.45, 2.75) is 20.8 Å². The Kier molecular flexibility index (Phi) is 5.13. The van der Waals surface area contributed by atoms with Crippen molar-refractivity contribution in [3.63, 3.8) is 0 Å². The Morgan fingerprint density at radius 2 is 2.00 bits per heavy atom. The number of nitrogen functional groups attached to an aromatic ring is 1. The van der Waals surface area contributed by atoms with Gasteiger partial charge in [0, 0.05) is 5.69 Å². The summed E-state index contributed by atoms with van der Waals surface area (Å²) in [5.41, 5.74) is 7.16. The first-order valence-electron chi connectivity index (χ1n) is 4.16. The monoisotopic (exact) mass is 178 g/mol. The maximum absolute atomic E-state index is 8.18. The molecule has 1 aromatic carbocycles. The fourth-order valence-electron chi connectivity index (χ4n) is 0.764. The van der Waals surface area contributed by atoms with Gasteiger partial charge in [-0.1, -0.05) is 13.8 Å². The van der Waals surface area contributed by atoms with E-state index < -0.39 is 0 Å². The van der Waals surface area contributed by atoms with Crippen molar-refractivity contribution in [2.24, 2.45) is 0 Å². The van der Waals surface area contributed by atoms with Gasteiger partial charge < -0.3 is 10.5 Å². The van der Waals surface area contributed by atoms with Gasteiger partial charge in [-0.05, 0) is 30.7 Å². The summed E-state index contributed by atoms with van der Waals surface area (Å²) in [7, 11) is 0. The van der Waals surface area contributed by atoms with Gasteiger partial charge in [0.2, 0.25) is 0 Å². The summed E-state index contributed by atoms with van der Waals surface area (Å²) in [4.78, 5) is 0. The highest BCUT2D eigenvalue weighted by molar-refractivity contribution is 5.49. The minimum absolute atomic E-state index is 0.527. The second-order valence-corrected chi connectivity index (χ2v) is 2.21. The van der Waals surface area contributed by atoms with Gasteiger partial charge in [0.25, 0.3) is 6.26 Å². The molecule has 0 saturated carbocycles. The third-order valence-corrected chi connectivity index (χ3v) is 1.40. The average Bonchev–Trinajstić information content (AvgIpc) is 2.15. The highest BCUT2D eigenvalue weighted by Gasteiger charge is 1.95. The zero-order chi connectivity index (χ0) is 10.3. The topological polar surface area (TPSA) is 59.0 Å². The van der Waals surface area contributed by atoms with E-state index in [0.29, 0.717) is 11.4 Å². The van der Waals surface area contributed by atoms with Gasteiger partial charge in [0.1, 0.15) is 5.75 Å². The quantitative estimate of drug-likeness (QED) is 0.530. The molecule has 13 heavy (non-hydrogen) atoms. The lowest BCUT2D eigenvalue weighted by Gasteiger charge is -2.00. The van der Waals surface area contributed by atoms with Crippen molar-refractivity contribution in [2.75, 3.05) is 5.73 Å². The molecule has 0 aromatic heterocycles.